The van der Waals surface area contributed by atoms with E-state index in [1.165, 1.54) is 22.0 Å². The second kappa shape index (κ2) is 7.25. The van der Waals surface area contributed by atoms with Crippen LogP contribution < -0.4 is 0 Å². The van der Waals surface area contributed by atoms with E-state index in [1.54, 1.807) is 0 Å². The standard InChI is InChI=1S/C17H14N8.Pt/c1-17(2,13-5-3-7-15(22-13)24-11-18-9-20-24)14-6-4-8-16(23-14)25-12-19-10-21-25;/h3-10H,1-2H3;/q-2;+2. The normalized spacial score (nSPS) is 11.2. The van der Waals surface area contributed by atoms with Crippen LogP contribution >= 0.6 is 0 Å². The molecule has 0 aromatic carbocycles. The SMILES string of the molecule is CC(C)(c1cccc(-n2[c-]ncn2)n1)c1cccc(-n2[c-]ncn2)n1.[Pt+2]. The molecule has 0 saturated heterocycles. The third kappa shape index (κ3) is 3.32. The molecule has 0 radical (unpaired) electrons. The van der Waals surface area contributed by atoms with E-state index in [0.717, 1.165) is 11.4 Å². The summed E-state index contributed by atoms with van der Waals surface area (Å²) in [6.45, 7) is 4.14. The fourth-order valence-electron chi connectivity index (χ4n) is 2.50. The quantitative estimate of drug-likeness (QED) is 0.376. The maximum atomic E-state index is 4.70. The largest absolute Gasteiger partial charge is 2.00 e. The van der Waals surface area contributed by atoms with Crippen LogP contribution in [0.15, 0.2) is 49.1 Å². The second-order valence-electron chi connectivity index (χ2n) is 5.93. The van der Waals surface area contributed by atoms with Crippen LogP contribution in [0.5, 0.6) is 0 Å². The third-order valence-electron chi connectivity index (χ3n) is 3.94. The zero-order valence-electron chi connectivity index (χ0n) is 14.0. The Labute approximate surface area is 164 Å². The maximum Gasteiger partial charge on any atom is 2.00 e. The number of pyridine rings is 2. The summed E-state index contributed by atoms with van der Waals surface area (Å²) in [5, 5.41) is 8.16. The van der Waals surface area contributed by atoms with Gasteiger partial charge in [0.05, 0.1) is 11.6 Å². The van der Waals surface area contributed by atoms with Crippen molar-refractivity contribution in [2.75, 3.05) is 0 Å². The van der Waals surface area contributed by atoms with Gasteiger partial charge in [-0.15, -0.1) is 0 Å². The van der Waals surface area contributed by atoms with Crippen LogP contribution in [0.3, 0.4) is 0 Å². The molecule has 0 bridgehead atoms. The molecule has 0 spiro atoms. The first kappa shape index (κ1) is 18.1. The Morgan fingerprint density at radius 1 is 0.769 bits per heavy atom. The van der Waals surface area contributed by atoms with Crippen molar-refractivity contribution in [1.29, 1.82) is 0 Å². The van der Waals surface area contributed by atoms with Gasteiger partial charge in [0.1, 0.15) is 0 Å². The Morgan fingerprint density at radius 2 is 1.23 bits per heavy atom. The Bertz CT molecular complexity index is 900. The zero-order chi connectivity index (χ0) is 17.3. The van der Waals surface area contributed by atoms with E-state index < -0.39 is 5.41 Å². The van der Waals surface area contributed by atoms with Gasteiger partial charge >= 0.3 is 21.1 Å². The van der Waals surface area contributed by atoms with Gasteiger partial charge in [-0.25, -0.2) is 10.2 Å². The molecule has 0 aliphatic carbocycles. The van der Waals surface area contributed by atoms with Gasteiger partial charge in [0.25, 0.3) is 0 Å². The van der Waals surface area contributed by atoms with Crippen molar-refractivity contribution in [3.05, 3.63) is 73.1 Å². The van der Waals surface area contributed by atoms with Crippen LogP contribution in [-0.4, -0.2) is 39.5 Å². The van der Waals surface area contributed by atoms with Gasteiger partial charge in [0, 0.05) is 42.1 Å². The smallest absolute Gasteiger partial charge is 0.353 e. The molecule has 0 unspecified atom stereocenters. The Morgan fingerprint density at radius 3 is 1.62 bits per heavy atom. The number of aromatic nitrogens is 8. The van der Waals surface area contributed by atoms with Crippen molar-refractivity contribution >= 4 is 0 Å². The minimum absolute atomic E-state index is 0. The first-order valence-corrected chi connectivity index (χ1v) is 7.66. The molecule has 0 fully saturated rings. The van der Waals surface area contributed by atoms with Gasteiger partial charge in [-0.1, -0.05) is 24.3 Å². The zero-order valence-corrected chi connectivity index (χ0v) is 16.3. The van der Waals surface area contributed by atoms with E-state index in [9.17, 15) is 0 Å². The predicted octanol–water partition coefficient (Wildman–Crippen LogP) is 1.56. The van der Waals surface area contributed by atoms with E-state index in [0.29, 0.717) is 11.6 Å². The molecule has 8 nitrogen and oxygen atoms in total. The Balaban J connectivity index is 0.00000196. The molecule has 4 aromatic heterocycles. The average Bonchev–Trinajstić information content (AvgIpc) is 3.36. The third-order valence-corrected chi connectivity index (χ3v) is 3.94. The minimum atomic E-state index is -0.423. The van der Waals surface area contributed by atoms with Gasteiger partial charge in [0.15, 0.2) is 0 Å². The summed E-state index contributed by atoms with van der Waals surface area (Å²) in [5.41, 5.74) is 1.30. The van der Waals surface area contributed by atoms with Crippen molar-refractivity contribution < 1.29 is 21.1 Å². The molecule has 0 amide bonds. The van der Waals surface area contributed by atoms with E-state index >= 15 is 0 Å². The monoisotopic (exact) mass is 525 g/mol. The summed E-state index contributed by atoms with van der Waals surface area (Å²) in [7, 11) is 0. The minimum Gasteiger partial charge on any atom is -0.353 e. The van der Waals surface area contributed by atoms with Gasteiger partial charge in [-0.05, 0) is 26.0 Å². The average molecular weight is 525 g/mol. The van der Waals surface area contributed by atoms with Crippen LogP contribution in [0.4, 0.5) is 0 Å². The van der Waals surface area contributed by atoms with Crippen LogP contribution in [0.2, 0.25) is 0 Å². The molecule has 4 aromatic rings. The van der Waals surface area contributed by atoms with Crippen molar-refractivity contribution in [2.45, 2.75) is 19.3 Å². The molecular formula is C17H14N8Pt. The summed E-state index contributed by atoms with van der Waals surface area (Å²) in [4.78, 5) is 17.1. The van der Waals surface area contributed by atoms with E-state index in [1.807, 2.05) is 36.4 Å². The molecule has 0 N–H and O–H groups in total. The molecule has 132 valence electrons. The van der Waals surface area contributed by atoms with E-state index in [4.69, 9.17) is 9.97 Å². The number of hydrogen-bond acceptors (Lipinski definition) is 6. The van der Waals surface area contributed by atoms with Crippen molar-refractivity contribution in [3.8, 4) is 11.6 Å². The topological polar surface area (TPSA) is 87.2 Å². The van der Waals surface area contributed by atoms with Crippen LogP contribution in [0.25, 0.3) is 11.6 Å². The number of rotatable bonds is 4. The van der Waals surface area contributed by atoms with Crippen LogP contribution in [0, 0.1) is 12.7 Å². The van der Waals surface area contributed by atoms with E-state index in [-0.39, 0.29) is 21.1 Å². The van der Waals surface area contributed by atoms with Gasteiger partial charge in [-0.2, -0.15) is 0 Å². The maximum absolute atomic E-state index is 4.70. The van der Waals surface area contributed by atoms with Crippen molar-refractivity contribution in [3.63, 3.8) is 0 Å². The molecule has 9 heteroatoms. The molecular weight excluding hydrogens is 511 g/mol. The van der Waals surface area contributed by atoms with Gasteiger partial charge in [-0.3, -0.25) is 9.97 Å². The summed E-state index contributed by atoms with van der Waals surface area (Å²) in [6, 6.07) is 11.5. The Kier molecular flexibility index (Phi) is 5.04. The van der Waals surface area contributed by atoms with Crippen LogP contribution in [0.1, 0.15) is 25.2 Å². The Hall–Kier alpha value is -2.73. The molecule has 0 aliphatic heterocycles. The fraction of sp³-hybridized carbons (Fsp3) is 0.176. The fourth-order valence-corrected chi connectivity index (χ4v) is 2.50. The number of nitrogens with zero attached hydrogens (tertiary/aromatic N) is 8. The summed E-state index contributed by atoms with van der Waals surface area (Å²) in [5.74, 6) is 1.31. The molecule has 0 atom stereocenters. The number of hydrogen-bond donors (Lipinski definition) is 0. The summed E-state index contributed by atoms with van der Waals surface area (Å²) < 4.78 is 3.02. The first-order chi connectivity index (χ1) is 12.1. The van der Waals surface area contributed by atoms with Crippen molar-refractivity contribution in [1.82, 2.24) is 39.5 Å². The molecule has 0 aliphatic rings. The van der Waals surface area contributed by atoms with Crippen LogP contribution in [-0.2, 0) is 26.5 Å². The van der Waals surface area contributed by atoms with Gasteiger partial charge < -0.3 is 19.3 Å². The first-order valence-electron chi connectivity index (χ1n) is 7.66. The van der Waals surface area contributed by atoms with Gasteiger partial charge in [0.2, 0.25) is 0 Å². The predicted molar refractivity (Wildman–Crippen MR) is 88.1 cm³/mol. The molecule has 0 saturated carbocycles. The van der Waals surface area contributed by atoms with Crippen molar-refractivity contribution in [2.24, 2.45) is 0 Å². The second-order valence-corrected chi connectivity index (χ2v) is 5.93. The summed E-state index contributed by atoms with van der Waals surface area (Å²) in [6.07, 6.45) is 8.37. The molecule has 26 heavy (non-hydrogen) atoms. The van der Waals surface area contributed by atoms with E-state index in [2.05, 4.69) is 46.7 Å². The summed E-state index contributed by atoms with van der Waals surface area (Å²) >= 11 is 0. The molecule has 4 rings (SSSR count). The molecule has 4 heterocycles.